The summed E-state index contributed by atoms with van der Waals surface area (Å²) in [4.78, 5) is 10.6. The molecule has 0 amide bonds. The third-order valence-electron chi connectivity index (χ3n) is 2.79. The van der Waals surface area contributed by atoms with Crippen LogP contribution in [0.2, 0.25) is 0 Å². The van der Waals surface area contributed by atoms with Crippen LogP contribution in [0.1, 0.15) is 18.4 Å². The van der Waals surface area contributed by atoms with Crippen molar-refractivity contribution >= 4 is 17.0 Å². The van der Waals surface area contributed by atoms with E-state index in [1.165, 1.54) is 17.4 Å². The molecule has 0 spiro atoms. The molecule has 0 aliphatic heterocycles. The second-order valence-corrected chi connectivity index (χ2v) is 5.29. The summed E-state index contributed by atoms with van der Waals surface area (Å²) in [6, 6.07) is 6.62. The lowest BCUT2D eigenvalue weighted by Crippen LogP contribution is -2.14. The van der Waals surface area contributed by atoms with E-state index in [9.17, 15) is 10.1 Å². The van der Waals surface area contributed by atoms with Gasteiger partial charge in [0.25, 0.3) is 5.69 Å². The molecule has 0 saturated heterocycles. The molecule has 0 unspecified atom stereocenters. The van der Waals surface area contributed by atoms with Crippen molar-refractivity contribution in [3.8, 4) is 10.6 Å². The molecule has 2 rings (SSSR count). The van der Waals surface area contributed by atoms with Crippen molar-refractivity contribution in [2.75, 3.05) is 13.1 Å². The highest BCUT2D eigenvalue weighted by Crippen LogP contribution is 2.31. The SMILES string of the molecule is CCNCCCc1nnc(-c2ccccc2[N+](=O)[O-])s1. The summed E-state index contributed by atoms with van der Waals surface area (Å²) in [5.74, 6) is 0. The molecule has 0 fully saturated rings. The Morgan fingerprint density at radius 3 is 2.90 bits per heavy atom. The summed E-state index contributed by atoms with van der Waals surface area (Å²) >= 11 is 1.42. The van der Waals surface area contributed by atoms with Crippen LogP contribution in [0, 0.1) is 10.1 Å². The van der Waals surface area contributed by atoms with Gasteiger partial charge in [0.2, 0.25) is 0 Å². The molecule has 0 atom stereocenters. The highest BCUT2D eigenvalue weighted by atomic mass is 32.1. The summed E-state index contributed by atoms with van der Waals surface area (Å²) in [5, 5.41) is 23.9. The standard InChI is InChI=1S/C13H16N4O2S/c1-2-14-9-5-8-12-15-16-13(20-12)10-6-3-4-7-11(10)17(18)19/h3-4,6-7,14H,2,5,8-9H2,1H3. The van der Waals surface area contributed by atoms with Crippen LogP contribution in [-0.2, 0) is 6.42 Å². The third kappa shape index (κ3) is 3.58. The van der Waals surface area contributed by atoms with E-state index in [4.69, 9.17) is 0 Å². The zero-order chi connectivity index (χ0) is 14.4. The number of benzene rings is 1. The van der Waals surface area contributed by atoms with E-state index in [0.29, 0.717) is 10.6 Å². The van der Waals surface area contributed by atoms with E-state index < -0.39 is 0 Å². The summed E-state index contributed by atoms with van der Waals surface area (Å²) in [7, 11) is 0. The first kappa shape index (κ1) is 14.5. The van der Waals surface area contributed by atoms with Gasteiger partial charge in [-0.1, -0.05) is 30.4 Å². The van der Waals surface area contributed by atoms with E-state index in [1.807, 2.05) is 0 Å². The van der Waals surface area contributed by atoms with E-state index in [1.54, 1.807) is 18.2 Å². The predicted molar refractivity (Wildman–Crippen MR) is 78.9 cm³/mol. The van der Waals surface area contributed by atoms with Crippen molar-refractivity contribution in [3.05, 3.63) is 39.4 Å². The van der Waals surface area contributed by atoms with Crippen LogP contribution in [0.4, 0.5) is 5.69 Å². The van der Waals surface area contributed by atoms with Gasteiger partial charge in [-0.3, -0.25) is 10.1 Å². The van der Waals surface area contributed by atoms with Crippen molar-refractivity contribution in [2.45, 2.75) is 19.8 Å². The number of nitro groups is 1. The second-order valence-electron chi connectivity index (χ2n) is 4.23. The minimum Gasteiger partial charge on any atom is -0.317 e. The Balaban J connectivity index is 2.11. The van der Waals surface area contributed by atoms with Gasteiger partial charge in [0, 0.05) is 12.5 Å². The number of nitrogens with zero attached hydrogens (tertiary/aromatic N) is 3. The molecule has 0 radical (unpaired) electrons. The first-order chi connectivity index (χ1) is 9.72. The topological polar surface area (TPSA) is 81.0 Å². The molecule has 0 bridgehead atoms. The van der Waals surface area contributed by atoms with Crippen molar-refractivity contribution in [1.82, 2.24) is 15.5 Å². The van der Waals surface area contributed by atoms with Crippen LogP contribution in [0.3, 0.4) is 0 Å². The quantitative estimate of drug-likeness (QED) is 0.482. The van der Waals surface area contributed by atoms with Gasteiger partial charge in [0.15, 0.2) is 5.01 Å². The predicted octanol–water partition coefficient (Wildman–Crippen LogP) is 2.66. The Morgan fingerprint density at radius 2 is 2.15 bits per heavy atom. The Bertz CT molecular complexity index is 585. The number of aromatic nitrogens is 2. The number of aryl methyl sites for hydroxylation is 1. The average Bonchev–Trinajstić information content (AvgIpc) is 2.92. The zero-order valence-corrected chi connectivity index (χ0v) is 12.0. The van der Waals surface area contributed by atoms with Crippen molar-refractivity contribution < 1.29 is 4.92 Å². The third-order valence-corrected chi connectivity index (χ3v) is 3.81. The Labute approximate surface area is 121 Å². The fraction of sp³-hybridized carbons (Fsp3) is 0.385. The molecule has 1 aromatic heterocycles. The van der Waals surface area contributed by atoms with Crippen LogP contribution < -0.4 is 5.32 Å². The van der Waals surface area contributed by atoms with Gasteiger partial charge in [-0.15, -0.1) is 10.2 Å². The van der Waals surface area contributed by atoms with Gasteiger partial charge in [0.05, 0.1) is 10.5 Å². The number of rotatable bonds is 7. The fourth-order valence-electron chi connectivity index (χ4n) is 1.82. The monoisotopic (exact) mass is 292 g/mol. The van der Waals surface area contributed by atoms with E-state index >= 15 is 0 Å². The Morgan fingerprint density at radius 1 is 1.35 bits per heavy atom. The number of nitrogens with one attached hydrogen (secondary N) is 1. The molecule has 0 aliphatic rings. The summed E-state index contributed by atoms with van der Waals surface area (Å²) in [5.41, 5.74) is 0.607. The normalized spacial score (nSPS) is 10.7. The van der Waals surface area contributed by atoms with E-state index in [2.05, 4.69) is 22.4 Å². The van der Waals surface area contributed by atoms with Crippen molar-refractivity contribution in [3.63, 3.8) is 0 Å². The van der Waals surface area contributed by atoms with Gasteiger partial charge in [-0.05, 0) is 25.6 Å². The minimum absolute atomic E-state index is 0.0721. The molecular formula is C13H16N4O2S. The zero-order valence-electron chi connectivity index (χ0n) is 11.2. The molecule has 20 heavy (non-hydrogen) atoms. The van der Waals surface area contributed by atoms with E-state index in [-0.39, 0.29) is 10.6 Å². The van der Waals surface area contributed by atoms with Crippen LogP contribution in [0.25, 0.3) is 10.6 Å². The fourth-order valence-corrected chi connectivity index (χ4v) is 2.73. The largest absolute Gasteiger partial charge is 0.317 e. The molecule has 0 saturated carbocycles. The maximum Gasteiger partial charge on any atom is 0.279 e. The lowest BCUT2D eigenvalue weighted by molar-refractivity contribution is -0.384. The molecule has 1 heterocycles. The van der Waals surface area contributed by atoms with Crippen molar-refractivity contribution in [2.24, 2.45) is 0 Å². The van der Waals surface area contributed by atoms with E-state index in [0.717, 1.165) is 30.9 Å². The van der Waals surface area contributed by atoms with Gasteiger partial charge < -0.3 is 5.32 Å². The molecule has 6 nitrogen and oxygen atoms in total. The van der Waals surface area contributed by atoms with Crippen LogP contribution >= 0.6 is 11.3 Å². The first-order valence-corrected chi connectivity index (χ1v) is 7.31. The highest BCUT2D eigenvalue weighted by molar-refractivity contribution is 7.14. The van der Waals surface area contributed by atoms with Gasteiger partial charge in [-0.25, -0.2) is 0 Å². The molecule has 7 heteroatoms. The molecule has 106 valence electrons. The lowest BCUT2D eigenvalue weighted by Gasteiger charge is -1.98. The molecule has 1 aromatic carbocycles. The maximum atomic E-state index is 11.0. The lowest BCUT2D eigenvalue weighted by atomic mass is 10.2. The Hall–Kier alpha value is -1.86. The number of para-hydroxylation sites is 1. The smallest absolute Gasteiger partial charge is 0.279 e. The first-order valence-electron chi connectivity index (χ1n) is 6.49. The van der Waals surface area contributed by atoms with Gasteiger partial charge in [0.1, 0.15) is 5.01 Å². The molecule has 1 N–H and O–H groups in total. The molecule has 0 aliphatic carbocycles. The van der Waals surface area contributed by atoms with Gasteiger partial charge >= 0.3 is 0 Å². The van der Waals surface area contributed by atoms with Crippen LogP contribution in [0.15, 0.2) is 24.3 Å². The average molecular weight is 292 g/mol. The van der Waals surface area contributed by atoms with Crippen molar-refractivity contribution in [1.29, 1.82) is 0 Å². The highest BCUT2D eigenvalue weighted by Gasteiger charge is 2.17. The number of hydrogen-bond donors (Lipinski definition) is 1. The summed E-state index contributed by atoms with van der Waals surface area (Å²) < 4.78 is 0. The van der Waals surface area contributed by atoms with Gasteiger partial charge in [-0.2, -0.15) is 0 Å². The Kier molecular flexibility index (Phi) is 5.14. The number of hydrogen-bond acceptors (Lipinski definition) is 6. The molecule has 2 aromatic rings. The second kappa shape index (κ2) is 7.06. The number of nitro benzene ring substituents is 1. The minimum atomic E-state index is -0.387. The van der Waals surface area contributed by atoms with Crippen LogP contribution in [0.5, 0.6) is 0 Å². The van der Waals surface area contributed by atoms with Crippen LogP contribution in [-0.4, -0.2) is 28.2 Å². The maximum absolute atomic E-state index is 11.0. The molecular weight excluding hydrogens is 276 g/mol. The summed E-state index contributed by atoms with van der Waals surface area (Å²) in [6.07, 6.45) is 1.82. The summed E-state index contributed by atoms with van der Waals surface area (Å²) in [6.45, 7) is 3.96.